The zero-order chi connectivity index (χ0) is 14.9. The van der Waals surface area contributed by atoms with Crippen molar-refractivity contribution in [2.45, 2.75) is 31.2 Å². The second-order valence-corrected chi connectivity index (χ2v) is 6.72. The zero-order valence-electron chi connectivity index (χ0n) is 13.3. The summed E-state index contributed by atoms with van der Waals surface area (Å²) in [6.07, 6.45) is 2.32. The maximum Gasteiger partial charge on any atom is 0.0699 e. The van der Waals surface area contributed by atoms with E-state index in [1.165, 1.54) is 17.5 Å². The Balaban J connectivity index is 1.85. The second-order valence-electron chi connectivity index (χ2n) is 6.72. The number of hydrazine groups is 1. The van der Waals surface area contributed by atoms with E-state index in [9.17, 15) is 0 Å². The first kappa shape index (κ1) is 15.0. The van der Waals surface area contributed by atoms with Crippen LogP contribution in [0.4, 0.5) is 0 Å². The Hall–Kier alpha value is -0.940. The van der Waals surface area contributed by atoms with Gasteiger partial charge in [-0.3, -0.25) is 0 Å². The fraction of sp³-hybridized carbons (Fsp3) is 0.647. The van der Waals surface area contributed by atoms with Crippen molar-refractivity contribution in [1.82, 2.24) is 15.3 Å². The highest BCUT2D eigenvalue weighted by Gasteiger charge is 2.39. The predicted octanol–water partition coefficient (Wildman–Crippen LogP) is 1.49. The number of benzene rings is 1. The van der Waals surface area contributed by atoms with Gasteiger partial charge < -0.3 is 10.6 Å². The van der Waals surface area contributed by atoms with Crippen LogP contribution in [0.3, 0.4) is 0 Å². The number of piperazine rings is 1. The summed E-state index contributed by atoms with van der Waals surface area (Å²) < 4.78 is 0. The molecule has 2 atom stereocenters. The van der Waals surface area contributed by atoms with E-state index < -0.39 is 0 Å². The van der Waals surface area contributed by atoms with Gasteiger partial charge in [0, 0.05) is 32.7 Å². The van der Waals surface area contributed by atoms with Crippen molar-refractivity contribution in [2.75, 3.05) is 39.8 Å². The molecule has 21 heavy (non-hydrogen) atoms. The third kappa shape index (κ3) is 2.86. The van der Waals surface area contributed by atoms with Crippen LogP contribution < -0.4 is 11.2 Å². The minimum atomic E-state index is -0.0843. The molecule has 1 aromatic rings. The van der Waals surface area contributed by atoms with Crippen molar-refractivity contribution < 1.29 is 0 Å². The fourth-order valence-corrected chi connectivity index (χ4v) is 3.71. The van der Waals surface area contributed by atoms with Crippen molar-refractivity contribution in [3.05, 3.63) is 35.4 Å². The third-order valence-electron chi connectivity index (χ3n) is 5.24. The molecule has 2 aliphatic rings. The zero-order valence-corrected chi connectivity index (χ0v) is 13.3. The lowest BCUT2D eigenvalue weighted by molar-refractivity contribution is 0.0451. The van der Waals surface area contributed by atoms with Gasteiger partial charge in [0.15, 0.2) is 0 Å². The molecule has 0 aromatic heterocycles. The molecule has 1 aliphatic carbocycles. The molecule has 1 aliphatic heterocycles. The molecule has 0 spiro atoms. The minimum Gasteiger partial charge on any atom is -0.328 e. The molecular formula is C17H28N4. The summed E-state index contributed by atoms with van der Waals surface area (Å²) in [6, 6.07) is 8.83. The lowest BCUT2D eigenvalue weighted by Crippen LogP contribution is -2.61. The number of likely N-dealkylation sites (N-methyl/N-ethyl adjacent to an activating group) is 1. The molecule has 4 nitrogen and oxygen atoms in total. The molecule has 0 saturated carbocycles. The SMILES string of the molecule is CC1CCC(CN)(NN2CCN(C)CC2)c2ccccc21. The first-order valence-corrected chi connectivity index (χ1v) is 8.15. The number of hydrogen-bond acceptors (Lipinski definition) is 4. The van der Waals surface area contributed by atoms with Crippen LogP contribution in [0.5, 0.6) is 0 Å². The van der Waals surface area contributed by atoms with Crippen molar-refractivity contribution in [2.24, 2.45) is 5.73 Å². The van der Waals surface area contributed by atoms with Crippen LogP contribution in [0.1, 0.15) is 36.8 Å². The Bertz CT molecular complexity index is 481. The molecule has 0 radical (unpaired) electrons. The summed E-state index contributed by atoms with van der Waals surface area (Å²) >= 11 is 0. The van der Waals surface area contributed by atoms with Gasteiger partial charge in [-0.25, -0.2) is 10.4 Å². The molecule has 0 amide bonds. The van der Waals surface area contributed by atoms with Gasteiger partial charge in [-0.05, 0) is 36.9 Å². The van der Waals surface area contributed by atoms with Gasteiger partial charge in [-0.2, -0.15) is 0 Å². The van der Waals surface area contributed by atoms with Crippen molar-refractivity contribution >= 4 is 0 Å². The molecule has 2 unspecified atom stereocenters. The number of nitrogens with two attached hydrogens (primary N) is 1. The first-order valence-electron chi connectivity index (χ1n) is 8.15. The minimum absolute atomic E-state index is 0.0843. The maximum absolute atomic E-state index is 6.24. The van der Waals surface area contributed by atoms with E-state index in [0.29, 0.717) is 12.5 Å². The van der Waals surface area contributed by atoms with Crippen LogP contribution in [0.2, 0.25) is 0 Å². The van der Waals surface area contributed by atoms with E-state index in [0.717, 1.165) is 32.6 Å². The van der Waals surface area contributed by atoms with E-state index in [4.69, 9.17) is 5.73 Å². The smallest absolute Gasteiger partial charge is 0.0699 e. The van der Waals surface area contributed by atoms with E-state index in [1.54, 1.807) is 0 Å². The molecule has 1 fully saturated rings. The standard InChI is InChI=1S/C17H28N4/c1-14-7-8-17(13-18,16-6-4-3-5-15(14)16)19-21-11-9-20(2)10-12-21/h3-6,14,19H,7-13,18H2,1-2H3. The van der Waals surface area contributed by atoms with Crippen molar-refractivity contribution in [1.29, 1.82) is 0 Å². The quantitative estimate of drug-likeness (QED) is 0.884. The van der Waals surface area contributed by atoms with Crippen LogP contribution in [0, 0.1) is 0 Å². The number of hydrogen-bond donors (Lipinski definition) is 2. The number of nitrogens with one attached hydrogen (secondary N) is 1. The normalized spacial score (nSPS) is 31.1. The maximum atomic E-state index is 6.24. The lowest BCUT2D eigenvalue weighted by atomic mass is 9.72. The highest BCUT2D eigenvalue weighted by atomic mass is 15.5. The van der Waals surface area contributed by atoms with E-state index in [-0.39, 0.29) is 5.54 Å². The van der Waals surface area contributed by atoms with Crippen LogP contribution in [-0.4, -0.2) is 49.7 Å². The van der Waals surface area contributed by atoms with E-state index >= 15 is 0 Å². The van der Waals surface area contributed by atoms with E-state index in [1.807, 2.05) is 0 Å². The average Bonchev–Trinajstić information content (AvgIpc) is 2.53. The van der Waals surface area contributed by atoms with Crippen LogP contribution in [-0.2, 0) is 5.54 Å². The molecule has 4 heteroatoms. The average molecular weight is 288 g/mol. The van der Waals surface area contributed by atoms with Crippen LogP contribution in [0.25, 0.3) is 0 Å². The number of nitrogens with zero attached hydrogens (tertiary/aromatic N) is 2. The second kappa shape index (κ2) is 6.05. The Morgan fingerprint density at radius 2 is 1.95 bits per heavy atom. The van der Waals surface area contributed by atoms with E-state index in [2.05, 4.69) is 53.6 Å². The number of fused-ring (bicyclic) bond motifs is 1. The summed E-state index contributed by atoms with van der Waals surface area (Å²) in [6.45, 7) is 7.35. The summed E-state index contributed by atoms with van der Waals surface area (Å²) in [7, 11) is 2.19. The molecule has 3 rings (SSSR count). The first-order chi connectivity index (χ1) is 10.1. The Morgan fingerprint density at radius 3 is 2.67 bits per heavy atom. The molecule has 1 heterocycles. The Labute approximate surface area is 128 Å². The summed E-state index contributed by atoms with van der Waals surface area (Å²) in [4.78, 5) is 2.38. The van der Waals surface area contributed by atoms with Crippen molar-refractivity contribution in [3.8, 4) is 0 Å². The predicted molar refractivity (Wildman–Crippen MR) is 87.0 cm³/mol. The molecule has 116 valence electrons. The van der Waals surface area contributed by atoms with Gasteiger partial charge in [-0.1, -0.05) is 31.2 Å². The van der Waals surface area contributed by atoms with Crippen molar-refractivity contribution in [3.63, 3.8) is 0 Å². The molecule has 0 bridgehead atoms. The van der Waals surface area contributed by atoms with Crippen LogP contribution >= 0.6 is 0 Å². The topological polar surface area (TPSA) is 44.5 Å². The molecular weight excluding hydrogens is 260 g/mol. The Morgan fingerprint density at radius 1 is 1.24 bits per heavy atom. The molecule has 1 saturated heterocycles. The number of rotatable bonds is 3. The molecule has 1 aromatic carbocycles. The Kier molecular flexibility index (Phi) is 4.31. The van der Waals surface area contributed by atoms with Gasteiger partial charge in [0.1, 0.15) is 0 Å². The summed E-state index contributed by atoms with van der Waals surface area (Å²) in [5.74, 6) is 0.634. The fourth-order valence-electron chi connectivity index (χ4n) is 3.71. The van der Waals surface area contributed by atoms with Gasteiger partial charge in [0.2, 0.25) is 0 Å². The monoisotopic (exact) mass is 288 g/mol. The highest BCUT2D eigenvalue weighted by molar-refractivity contribution is 5.39. The highest BCUT2D eigenvalue weighted by Crippen LogP contribution is 2.40. The van der Waals surface area contributed by atoms with Gasteiger partial charge in [-0.15, -0.1) is 0 Å². The van der Waals surface area contributed by atoms with Gasteiger partial charge >= 0.3 is 0 Å². The summed E-state index contributed by atoms with van der Waals surface area (Å²) in [5, 5.41) is 2.37. The van der Waals surface area contributed by atoms with Crippen LogP contribution in [0.15, 0.2) is 24.3 Å². The summed E-state index contributed by atoms with van der Waals surface area (Å²) in [5.41, 5.74) is 12.8. The van der Waals surface area contributed by atoms with Gasteiger partial charge in [0.25, 0.3) is 0 Å². The molecule has 3 N–H and O–H groups in total. The third-order valence-corrected chi connectivity index (χ3v) is 5.24. The largest absolute Gasteiger partial charge is 0.328 e. The lowest BCUT2D eigenvalue weighted by Gasteiger charge is -2.46. The van der Waals surface area contributed by atoms with Gasteiger partial charge in [0.05, 0.1) is 5.54 Å².